The standard InChI is InChI=1S/C40H31N5O4S/c1-25(37(46)42-29-20-18-27(19-21-29)40-45-34-16-7-8-17-36(34)49-40)50-31-13-9-12-30(23-31)43-39(48)35(44-38(47)26-10-3-2-4-11-26)22-28-24-41-33-15-6-5-14-32(28)33/h2-25,41H,1H3,(H,42,46)(H,43,48)(H,44,47)/b35-22-. The number of para-hydroxylation sites is 3. The zero-order valence-electron chi connectivity index (χ0n) is 26.8. The van der Waals surface area contributed by atoms with Gasteiger partial charge in [0.15, 0.2) is 5.58 Å². The molecule has 5 aromatic carbocycles. The quantitative estimate of drug-likeness (QED) is 0.0849. The van der Waals surface area contributed by atoms with Crippen LogP contribution in [0.15, 0.2) is 149 Å². The lowest BCUT2D eigenvalue weighted by molar-refractivity contribution is -0.115. The molecular weight excluding hydrogens is 647 g/mol. The lowest BCUT2D eigenvalue weighted by atomic mass is 10.1. The minimum Gasteiger partial charge on any atom is -0.436 e. The van der Waals surface area contributed by atoms with Gasteiger partial charge < -0.3 is 25.4 Å². The zero-order chi connectivity index (χ0) is 34.5. The Morgan fingerprint density at radius 3 is 2.38 bits per heavy atom. The Morgan fingerprint density at radius 2 is 1.56 bits per heavy atom. The average molecular weight is 678 g/mol. The van der Waals surface area contributed by atoms with Crippen molar-refractivity contribution >= 4 is 68.9 Å². The second-order valence-corrected chi connectivity index (χ2v) is 12.9. The van der Waals surface area contributed by atoms with E-state index in [1.165, 1.54) is 11.8 Å². The third kappa shape index (κ3) is 7.35. The Hall–Kier alpha value is -6.39. The van der Waals surface area contributed by atoms with Gasteiger partial charge in [0.1, 0.15) is 11.2 Å². The number of carbonyl (C=O) groups excluding carboxylic acids is 3. The van der Waals surface area contributed by atoms with Crippen LogP contribution in [0.2, 0.25) is 0 Å². The van der Waals surface area contributed by atoms with Gasteiger partial charge in [0.2, 0.25) is 11.8 Å². The number of benzene rings is 5. The molecule has 0 radical (unpaired) electrons. The van der Waals surface area contributed by atoms with Gasteiger partial charge in [-0.3, -0.25) is 14.4 Å². The van der Waals surface area contributed by atoms with Crippen molar-refractivity contribution in [1.82, 2.24) is 15.3 Å². The van der Waals surface area contributed by atoms with E-state index >= 15 is 0 Å². The van der Waals surface area contributed by atoms with E-state index in [-0.39, 0.29) is 11.6 Å². The van der Waals surface area contributed by atoms with Crippen LogP contribution in [0.3, 0.4) is 0 Å². The molecule has 0 fully saturated rings. The van der Waals surface area contributed by atoms with Gasteiger partial charge in [0, 0.05) is 50.1 Å². The molecule has 2 heterocycles. The summed E-state index contributed by atoms with van der Waals surface area (Å²) < 4.78 is 5.85. The number of aromatic nitrogens is 2. The summed E-state index contributed by atoms with van der Waals surface area (Å²) >= 11 is 1.36. The monoisotopic (exact) mass is 677 g/mol. The van der Waals surface area contributed by atoms with E-state index in [4.69, 9.17) is 4.42 Å². The molecule has 0 spiro atoms. The van der Waals surface area contributed by atoms with Crippen molar-refractivity contribution in [2.24, 2.45) is 0 Å². The molecule has 7 aromatic rings. The van der Waals surface area contributed by atoms with Gasteiger partial charge in [0.05, 0.1) is 5.25 Å². The number of nitrogens with one attached hydrogen (secondary N) is 4. The van der Waals surface area contributed by atoms with Gasteiger partial charge in [-0.15, -0.1) is 11.8 Å². The van der Waals surface area contributed by atoms with Crippen LogP contribution in [0, 0.1) is 0 Å². The number of anilines is 2. The summed E-state index contributed by atoms with van der Waals surface area (Å²) in [5, 5.41) is 9.13. The molecule has 0 aliphatic carbocycles. The van der Waals surface area contributed by atoms with Gasteiger partial charge in [-0.2, -0.15) is 0 Å². The van der Waals surface area contributed by atoms with Crippen molar-refractivity contribution in [3.8, 4) is 11.5 Å². The van der Waals surface area contributed by atoms with Gasteiger partial charge in [0.25, 0.3) is 11.8 Å². The smallest absolute Gasteiger partial charge is 0.272 e. The van der Waals surface area contributed by atoms with Gasteiger partial charge in [-0.1, -0.05) is 54.6 Å². The third-order valence-corrected chi connectivity index (χ3v) is 9.01. The van der Waals surface area contributed by atoms with Crippen LogP contribution in [-0.4, -0.2) is 32.9 Å². The molecule has 4 N–H and O–H groups in total. The van der Waals surface area contributed by atoms with E-state index in [0.29, 0.717) is 28.4 Å². The fourth-order valence-electron chi connectivity index (χ4n) is 5.35. The molecule has 0 bridgehead atoms. The van der Waals surface area contributed by atoms with Crippen molar-refractivity contribution in [3.05, 3.63) is 150 Å². The van der Waals surface area contributed by atoms with Crippen molar-refractivity contribution in [3.63, 3.8) is 0 Å². The number of thioether (sulfide) groups is 1. The highest BCUT2D eigenvalue weighted by molar-refractivity contribution is 8.00. The number of hydrogen-bond donors (Lipinski definition) is 4. The Kier molecular flexibility index (Phi) is 9.26. The van der Waals surface area contributed by atoms with Crippen LogP contribution in [-0.2, 0) is 9.59 Å². The van der Waals surface area contributed by atoms with E-state index < -0.39 is 17.1 Å². The number of fused-ring (bicyclic) bond motifs is 2. The average Bonchev–Trinajstić information content (AvgIpc) is 3.76. The van der Waals surface area contributed by atoms with E-state index in [9.17, 15) is 14.4 Å². The largest absolute Gasteiger partial charge is 0.436 e. The first-order valence-corrected chi connectivity index (χ1v) is 16.8. The molecular formula is C40H31N5O4S. The summed E-state index contributed by atoms with van der Waals surface area (Å²) in [6.07, 6.45) is 3.45. The molecule has 7 rings (SSSR count). The lowest BCUT2D eigenvalue weighted by Crippen LogP contribution is -2.30. The Labute approximate surface area is 291 Å². The molecule has 2 aromatic heterocycles. The first kappa shape index (κ1) is 32.2. The maximum Gasteiger partial charge on any atom is 0.272 e. The van der Waals surface area contributed by atoms with Crippen molar-refractivity contribution in [2.75, 3.05) is 10.6 Å². The topological polar surface area (TPSA) is 129 Å². The molecule has 3 amide bonds. The SMILES string of the molecule is CC(Sc1cccc(NC(=O)/C(=C/c2c[nH]c3ccccc23)NC(=O)c2ccccc2)c1)C(=O)Nc1ccc(-c2nc3ccccc3o2)cc1. The van der Waals surface area contributed by atoms with Gasteiger partial charge in [-0.25, -0.2) is 4.98 Å². The van der Waals surface area contributed by atoms with Crippen LogP contribution in [0.25, 0.3) is 39.5 Å². The summed E-state index contributed by atoms with van der Waals surface area (Å²) in [5.41, 5.74) is 5.64. The molecule has 0 aliphatic rings. The molecule has 0 saturated heterocycles. The predicted octanol–water partition coefficient (Wildman–Crippen LogP) is 8.51. The number of H-pyrrole nitrogens is 1. The highest BCUT2D eigenvalue weighted by Gasteiger charge is 2.18. The Bertz CT molecular complexity index is 2330. The Balaban J connectivity index is 1.02. The molecule has 9 nitrogen and oxygen atoms in total. The van der Waals surface area contributed by atoms with E-state index in [0.717, 1.165) is 32.4 Å². The molecule has 1 atom stereocenters. The minimum atomic E-state index is -0.492. The summed E-state index contributed by atoms with van der Waals surface area (Å²) in [7, 11) is 0. The highest BCUT2D eigenvalue weighted by atomic mass is 32.2. The first-order chi connectivity index (χ1) is 24.4. The second kappa shape index (κ2) is 14.4. The second-order valence-electron chi connectivity index (χ2n) is 11.5. The number of rotatable bonds is 10. The van der Waals surface area contributed by atoms with Crippen LogP contribution >= 0.6 is 11.8 Å². The zero-order valence-corrected chi connectivity index (χ0v) is 27.7. The molecule has 1 unspecified atom stereocenters. The van der Waals surface area contributed by atoms with Crippen LogP contribution < -0.4 is 16.0 Å². The van der Waals surface area contributed by atoms with Gasteiger partial charge >= 0.3 is 0 Å². The normalized spacial score (nSPS) is 12.1. The minimum absolute atomic E-state index is 0.0801. The van der Waals surface area contributed by atoms with Crippen LogP contribution in [0.4, 0.5) is 11.4 Å². The molecule has 50 heavy (non-hydrogen) atoms. The van der Waals surface area contributed by atoms with Crippen LogP contribution in [0.5, 0.6) is 0 Å². The first-order valence-electron chi connectivity index (χ1n) is 15.9. The maximum atomic E-state index is 13.7. The summed E-state index contributed by atoms with van der Waals surface area (Å²) in [5.74, 6) is -0.559. The number of carbonyl (C=O) groups is 3. The van der Waals surface area contributed by atoms with Crippen LogP contribution in [0.1, 0.15) is 22.8 Å². The predicted molar refractivity (Wildman–Crippen MR) is 199 cm³/mol. The molecule has 10 heteroatoms. The van der Waals surface area contributed by atoms with Crippen molar-refractivity contribution in [2.45, 2.75) is 17.1 Å². The molecule has 246 valence electrons. The number of hydrogen-bond acceptors (Lipinski definition) is 6. The highest BCUT2D eigenvalue weighted by Crippen LogP contribution is 2.29. The van der Waals surface area contributed by atoms with Gasteiger partial charge in [-0.05, 0) is 85.8 Å². The lowest BCUT2D eigenvalue weighted by Gasteiger charge is -2.14. The maximum absolute atomic E-state index is 13.7. The fourth-order valence-corrected chi connectivity index (χ4v) is 6.28. The number of amides is 3. The number of nitrogens with zero attached hydrogens (tertiary/aromatic N) is 1. The molecule has 0 saturated carbocycles. The Morgan fingerprint density at radius 1 is 0.800 bits per heavy atom. The fraction of sp³-hybridized carbons (Fsp3) is 0.0500. The van der Waals surface area contributed by atoms with Crippen molar-refractivity contribution in [1.29, 1.82) is 0 Å². The van der Waals surface area contributed by atoms with E-state index in [1.807, 2.05) is 91.9 Å². The summed E-state index contributed by atoms with van der Waals surface area (Å²) in [6.45, 7) is 1.82. The number of oxazole rings is 1. The summed E-state index contributed by atoms with van der Waals surface area (Å²) in [6, 6.07) is 38.6. The third-order valence-electron chi connectivity index (χ3n) is 7.92. The summed E-state index contributed by atoms with van der Waals surface area (Å²) in [4.78, 5) is 48.4. The number of aromatic amines is 1. The molecule has 0 aliphatic heterocycles. The van der Waals surface area contributed by atoms with E-state index in [2.05, 4.69) is 25.9 Å². The van der Waals surface area contributed by atoms with Crippen molar-refractivity contribution < 1.29 is 18.8 Å². The van der Waals surface area contributed by atoms with E-state index in [1.54, 1.807) is 54.7 Å².